The van der Waals surface area contributed by atoms with Gasteiger partial charge in [-0.3, -0.25) is 4.79 Å². The maximum absolute atomic E-state index is 11.8. The van der Waals surface area contributed by atoms with E-state index in [9.17, 15) is 4.79 Å². The van der Waals surface area contributed by atoms with Crippen molar-refractivity contribution >= 4 is 28.9 Å². The summed E-state index contributed by atoms with van der Waals surface area (Å²) in [6.07, 6.45) is 4.34. The summed E-state index contributed by atoms with van der Waals surface area (Å²) in [5.41, 5.74) is 1.39. The standard InChI is InChI=1S/C12H14OS2/c1-2-3-4-10(13)12-7-9-8-14-6-5-11(9)15-12/h2,7H,1,3-6,8H2. The first kappa shape index (κ1) is 11.0. The van der Waals surface area contributed by atoms with Crippen LogP contribution in [0.3, 0.4) is 0 Å². The predicted octanol–water partition coefficient (Wildman–Crippen LogP) is 3.69. The number of aryl methyl sites for hydroxylation is 1. The average Bonchev–Trinajstić information content (AvgIpc) is 2.69. The molecular weight excluding hydrogens is 224 g/mol. The number of carbonyl (C=O) groups excluding carboxylic acids is 1. The fourth-order valence-corrected chi connectivity index (χ4v) is 3.98. The predicted molar refractivity (Wildman–Crippen MR) is 67.9 cm³/mol. The molecule has 0 aliphatic carbocycles. The molecule has 2 rings (SSSR count). The van der Waals surface area contributed by atoms with Gasteiger partial charge in [-0.05, 0) is 30.2 Å². The van der Waals surface area contributed by atoms with Gasteiger partial charge in [0.25, 0.3) is 0 Å². The lowest BCUT2D eigenvalue weighted by Crippen LogP contribution is -1.96. The largest absolute Gasteiger partial charge is 0.293 e. The lowest BCUT2D eigenvalue weighted by molar-refractivity contribution is 0.0987. The third-order valence-corrected chi connectivity index (χ3v) is 4.76. The van der Waals surface area contributed by atoms with E-state index in [-0.39, 0.29) is 5.78 Å². The molecule has 0 fully saturated rings. The number of Topliss-reactive ketones (excluding diaryl/α,β-unsaturated/α-hetero) is 1. The number of hydrogen-bond donors (Lipinski definition) is 0. The van der Waals surface area contributed by atoms with Crippen molar-refractivity contribution in [2.45, 2.75) is 25.0 Å². The van der Waals surface area contributed by atoms with Crippen LogP contribution in [0.1, 0.15) is 33.0 Å². The summed E-state index contributed by atoms with van der Waals surface area (Å²) in [5.74, 6) is 2.56. The molecule has 80 valence electrons. The van der Waals surface area contributed by atoms with Gasteiger partial charge >= 0.3 is 0 Å². The van der Waals surface area contributed by atoms with E-state index in [4.69, 9.17) is 0 Å². The number of rotatable bonds is 4. The molecule has 1 aliphatic heterocycles. The normalized spacial score (nSPS) is 14.7. The van der Waals surface area contributed by atoms with Crippen LogP contribution in [0.15, 0.2) is 18.7 Å². The van der Waals surface area contributed by atoms with Crippen LogP contribution in [-0.2, 0) is 12.2 Å². The topological polar surface area (TPSA) is 17.1 Å². The van der Waals surface area contributed by atoms with Crippen LogP contribution in [0, 0.1) is 0 Å². The molecule has 0 saturated carbocycles. The highest BCUT2D eigenvalue weighted by atomic mass is 32.2. The van der Waals surface area contributed by atoms with Crippen LogP contribution >= 0.6 is 23.1 Å². The number of carbonyl (C=O) groups is 1. The van der Waals surface area contributed by atoms with E-state index in [1.165, 1.54) is 16.2 Å². The van der Waals surface area contributed by atoms with Gasteiger partial charge in [-0.1, -0.05) is 6.08 Å². The Morgan fingerprint density at radius 3 is 3.20 bits per heavy atom. The third-order valence-electron chi connectivity index (χ3n) is 2.48. The molecule has 1 aromatic rings. The van der Waals surface area contributed by atoms with E-state index in [2.05, 4.69) is 12.6 Å². The highest BCUT2D eigenvalue weighted by Gasteiger charge is 2.16. The molecule has 15 heavy (non-hydrogen) atoms. The van der Waals surface area contributed by atoms with Crippen molar-refractivity contribution in [1.29, 1.82) is 0 Å². The maximum Gasteiger partial charge on any atom is 0.173 e. The zero-order valence-corrected chi connectivity index (χ0v) is 10.3. The van der Waals surface area contributed by atoms with Gasteiger partial charge in [-0.15, -0.1) is 17.9 Å². The molecule has 0 spiro atoms. The molecule has 2 heterocycles. The molecule has 0 aromatic carbocycles. The van der Waals surface area contributed by atoms with Gasteiger partial charge in [-0.2, -0.15) is 11.8 Å². The first-order valence-electron chi connectivity index (χ1n) is 5.14. The number of ketones is 1. The molecule has 1 aromatic heterocycles. The van der Waals surface area contributed by atoms with E-state index >= 15 is 0 Å². The van der Waals surface area contributed by atoms with Crippen LogP contribution in [0.25, 0.3) is 0 Å². The lowest BCUT2D eigenvalue weighted by atomic mass is 10.1. The molecule has 0 saturated heterocycles. The van der Waals surface area contributed by atoms with Crippen LogP contribution in [-0.4, -0.2) is 11.5 Å². The van der Waals surface area contributed by atoms with Crippen LogP contribution < -0.4 is 0 Å². The lowest BCUT2D eigenvalue weighted by Gasteiger charge is -2.08. The smallest absolute Gasteiger partial charge is 0.173 e. The Bertz CT molecular complexity index is 355. The molecule has 0 amide bonds. The second-order valence-corrected chi connectivity index (χ2v) is 5.85. The second kappa shape index (κ2) is 4.99. The summed E-state index contributed by atoms with van der Waals surface area (Å²) >= 11 is 3.66. The zero-order valence-electron chi connectivity index (χ0n) is 8.62. The van der Waals surface area contributed by atoms with Crippen LogP contribution in [0.2, 0.25) is 0 Å². The van der Waals surface area contributed by atoms with Crippen molar-refractivity contribution in [3.05, 3.63) is 34.0 Å². The summed E-state index contributed by atoms with van der Waals surface area (Å²) < 4.78 is 0. The van der Waals surface area contributed by atoms with Crippen molar-refractivity contribution < 1.29 is 4.79 Å². The monoisotopic (exact) mass is 238 g/mol. The number of thioether (sulfide) groups is 1. The van der Waals surface area contributed by atoms with Crippen molar-refractivity contribution in [2.24, 2.45) is 0 Å². The molecular formula is C12H14OS2. The third kappa shape index (κ3) is 2.52. The van der Waals surface area contributed by atoms with Crippen molar-refractivity contribution in [3.8, 4) is 0 Å². The number of allylic oxidation sites excluding steroid dienone is 1. The molecule has 0 N–H and O–H groups in total. The van der Waals surface area contributed by atoms with E-state index in [0.29, 0.717) is 6.42 Å². The van der Waals surface area contributed by atoms with Gasteiger partial charge in [0.1, 0.15) is 0 Å². The van der Waals surface area contributed by atoms with Crippen LogP contribution in [0.5, 0.6) is 0 Å². The number of hydrogen-bond acceptors (Lipinski definition) is 3. The fourth-order valence-electron chi connectivity index (χ4n) is 1.64. The minimum Gasteiger partial charge on any atom is -0.293 e. The molecule has 0 atom stereocenters. The first-order chi connectivity index (χ1) is 7.31. The Hall–Kier alpha value is -0.540. The summed E-state index contributed by atoms with van der Waals surface area (Å²) in [6.45, 7) is 3.64. The van der Waals surface area contributed by atoms with Gasteiger partial charge in [0.2, 0.25) is 0 Å². The average molecular weight is 238 g/mol. The Morgan fingerprint density at radius 2 is 2.47 bits per heavy atom. The van der Waals surface area contributed by atoms with Crippen molar-refractivity contribution in [1.82, 2.24) is 0 Å². The minimum atomic E-state index is 0.277. The molecule has 3 heteroatoms. The fraction of sp³-hybridized carbons (Fsp3) is 0.417. The number of thiophene rings is 1. The molecule has 0 radical (unpaired) electrons. The molecule has 0 unspecified atom stereocenters. The summed E-state index contributed by atoms with van der Waals surface area (Å²) in [6, 6.07) is 2.09. The Morgan fingerprint density at radius 1 is 1.60 bits per heavy atom. The van der Waals surface area contributed by atoms with Crippen LogP contribution in [0.4, 0.5) is 0 Å². The second-order valence-electron chi connectivity index (χ2n) is 3.61. The quantitative estimate of drug-likeness (QED) is 0.588. The maximum atomic E-state index is 11.8. The van der Waals surface area contributed by atoms with Gasteiger partial charge in [-0.25, -0.2) is 0 Å². The Kier molecular flexibility index (Phi) is 3.65. The molecule has 1 nitrogen and oxygen atoms in total. The highest BCUT2D eigenvalue weighted by Crippen LogP contribution is 2.32. The Labute approximate surface area is 98.6 Å². The zero-order chi connectivity index (χ0) is 10.7. The summed E-state index contributed by atoms with van der Waals surface area (Å²) in [5, 5.41) is 0. The SMILES string of the molecule is C=CCCC(=O)c1cc2c(s1)CCSC2. The van der Waals surface area contributed by atoms with E-state index in [0.717, 1.165) is 23.5 Å². The van der Waals surface area contributed by atoms with Gasteiger partial charge in [0, 0.05) is 17.1 Å². The first-order valence-corrected chi connectivity index (χ1v) is 7.12. The van der Waals surface area contributed by atoms with Gasteiger partial charge in [0.15, 0.2) is 5.78 Å². The van der Waals surface area contributed by atoms with Gasteiger partial charge in [0.05, 0.1) is 4.88 Å². The van der Waals surface area contributed by atoms with Gasteiger partial charge < -0.3 is 0 Å². The summed E-state index contributed by atoms with van der Waals surface area (Å²) in [7, 11) is 0. The molecule has 0 bridgehead atoms. The minimum absolute atomic E-state index is 0.277. The van der Waals surface area contributed by atoms with E-state index < -0.39 is 0 Å². The van der Waals surface area contributed by atoms with Crippen molar-refractivity contribution in [3.63, 3.8) is 0 Å². The Balaban J connectivity index is 2.11. The van der Waals surface area contributed by atoms with E-state index in [1.807, 2.05) is 11.8 Å². The summed E-state index contributed by atoms with van der Waals surface area (Å²) in [4.78, 5) is 14.2. The van der Waals surface area contributed by atoms with Crippen molar-refractivity contribution in [2.75, 3.05) is 5.75 Å². The number of fused-ring (bicyclic) bond motifs is 1. The van der Waals surface area contributed by atoms with E-state index in [1.54, 1.807) is 17.4 Å². The highest BCUT2D eigenvalue weighted by molar-refractivity contribution is 7.98. The molecule has 1 aliphatic rings.